The molecule has 0 aliphatic carbocycles. The largest absolute Gasteiger partial charge is 0.496 e. The lowest BCUT2D eigenvalue weighted by atomic mass is 10.0. The van der Waals surface area contributed by atoms with Crippen LogP contribution < -0.4 is 10.1 Å². The molecule has 28 heavy (non-hydrogen) atoms. The number of hydrogen-bond donors (Lipinski definition) is 1. The molecule has 0 aromatic heterocycles. The second kappa shape index (κ2) is 14.9. The Kier molecular flexibility index (Phi) is 13.3. The van der Waals surface area contributed by atoms with Crippen LogP contribution in [-0.4, -0.2) is 64.5 Å². The molecular weight excluding hydrogens is 469 g/mol. The summed E-state index contributed by atoms with van der Waals surface area (Å²) in [5.41, 5.74) is 1.15. The second-order valence-corrected chi connectivity index (χ2v) is 6.89. The lowest BCUT2D eigenvalue weighted by Gasteiger charge is -2.23. The number of nitrogens with zero attached hydrogens (tertiary/aromatic N) is 2. The summed E-state index contributed by atoms with van der Waals surface area (Å²) in [5.74, 6) is 2.47. The number of benzene rings is 1. The summed E-state index contributed by atoms with van der Waals surface area (Å²) >= 11 is 0. The van der Waals surface area contributed by atoms with Crippen molar-refractivity contribution in [1.29, 1.82) is 0 Å². The molecule has 1 aromatic rings. The van der Waals surface area contributed by atoms with Crippen LogP contribution in [-0.2, 0) is 16.0 Å². The van der Waals surface area contributed by atoms with E-state index in [-0.39, 0.29) is 24.0 Å². The molecule has 0 amide bonds. The zero-order valence-electron chi connectivity index (χ0n) is 17.5. The fourth-order valence-corrected chi connectivity index (χ4v) is 3.15. The van der Waals surface area contributed by atoms with Gasteiger partial charge in [0.25, 0.3) is 0 Å². The Balaban J connectivity index is 0.00000392. The minimum Gasteiger partial charge on any atom is -0.496 e. The Morgan fingerprint density at radius 2 is 2.04 bits per heavy atom. The molecule has 7 heteroatoms. The van der Waals surface area contributed by atoms with E-state index in [0.717, 1.165) is 82.6 Å². The molecule has 1 aliphatic rings. The van der Waals surface area contributed by atoms with Crippen LogP contribution >= 0.6 is 24.0 Å². The minimum absolute atomic E-state index is 0. The Labute approximate surface area is 187 Å². The molecule has 2 rings (SSSR count). The maximum atomic E-state index is 5.83. The van der Waals surface area contributed by atoms with Crippen LogP contribution in [0.5, 0.6) is 5.75 Å². The van der Waals surface area contributed by atoms with Crippen molar-refractivity contribution in [3.05, 3.63) is 29.8 Å². The molecule has 0 saturated carbocycles. The molecule has 0 spiro atoms. The number of ether oxygens (including phenoxy) is 3. The molecule has 6 nitrogen and oxygen atoms in total. The second-order valence-electron chi connectivity index (χ2n) is 6.89. The van der Waals surface area contributed by atoms with Crippen molar-refractivity contribution in [3.8, 4) is 5.75 Å². The van der Waals surface area contributed by atoms with Crippen LogP contribution in [0.2, 0.25) is 0 Å². The lowest BCUT2D eigenvalue weighted by molar-refractivity contribution is 0.0205. The summed E-state index contributed by atoms with van der Waals surface area (Å²) in [5, 5.41) is 3.36. The highest BCUT2D eigenvalue weighted by atomic mass is 127. The van der Waals surface area contributed by atoms with Crippen LogP contribution in [0.15, 0.2) is 29.3 Å². The van der Waals surface area contributed by atoms with E-state index >= 15 is 0 Å². The fraction of sp³-hybridized carbons (Fsp3) is 0.667. The van der Waals surface area contributed by atoms with Crippen molar-refractivity contribution in [1.82, 2.24) is 10.2 Å². The first kappa shape index (κ1) is 25.0. The van der Waals surface area contributed by atoms with E-state index in [1.165, 1.54) is 0 Å². The predicted molar refractivity (Wildman–Crippen MR) is 125 cm³/mol. The Morgan fingerprint density at radius 3 is 2.75 bits per heavy atom. The highest BCUT2D eigenvalue weighted by Crippen LogP contribution is 2.18. The molecule has 1 aliphatic heterocycles. The molecule has 1 saturated heterocycles. The number of methoxy groups -OCH3 is 1. The first-order valence-electron chi connectivity index (χ1n) is 10.0. The van der Waals surface area contributed by atoms with Gasteiger partial charge in [-0.1, -0.05) is 18.2 Å². The van der Waals surface area contributed by atoms with Crippen molar-refractivity contribution >= 4 is 29.9 Å². The summed E-state index contributed by atoms with van der Waals surface area (Å²) < 4.78 is 16.7. The monoisotopic (exact) mass is 505 g/mol. The average Bonchev–Trinajstić information content (AvgIpc) is 2.70. The Morgan fingerprint density at radius 1 is 1.29 bits per heavy atom. The summed E-state index contributed by atoms with van der Waals surface area (Å²) in [7, 11) is 3.76. The Hall–Kier alpha value is -1.06. The van der Waals surface area contributed by atoms with E-state index in [9.17, 15) is 0 Å². The van der Waals surface area contributed by atoms with E-state index in [1.807, 2.05) is 18.2 Å². The molecule has 0 atom stereocenters. The van der Waals surface area contributed by atoms with Gasteiger partial charge < -0.3 is 24.4 Å². The van der Waals surface area contributed by atoms with E-state index in [1.54, 1.807) is 7.11 Å². The summed E-state index contributed by atoms with van der Waals surface area (Å²) in [6.45, 7) is 7.80. The molecule has 0 bridgehead atoms. The summed E-state index contributed by atoms with van der Waals surface area (Å²) in [6.07, 6.45) is 3.17. The quantitative estimate of drug-likeness (QED) is 0.228. The van der Waals surface area contributed by atoms with Gasteiger partial charge in [0, 0.05) is 58.7 Å². The third kappa shape index (κ3) is 8.96. The zero-order valence-corrected chi connectivity index (χ0v) is 19.8. The summed E-state index contributed by atoms with van der Waals surface area (Å²) in [6, 6.07) is 8.10. The van der Waals surface area contributed by atoms with Gasteiger partial charge in [0.2, 0.25) is 0 Å². The molecule has 0 radical (unpaired) electrons. The average molecular weight is 505 g/mol. The Bertz CT molecular complexity index is 566. The molecule has 160 valence electrons. The number of nitrogens with one attached hydrogen (secondary N) is 1. The van der Waals surface area contributed by atoms with Gasteiger partial charge in [0.15, 0.2) is 5.96 Å². The van der Waals surface area contributed by atoms with Crippen molar-refractivity contribution in [2.45, 2.75) is 32.7 Å². The number of guanidine groups is 1. The van der Waals surface area contributed by atoms with E-state index in [0.29, 0.717) is 5.92 Å². The van der Waals surface area contributed by atoms with Crippen LogP contribution in [0.1, 0.15) is 31.7 Å². The number of para-hydroxylation sites is 1. The topological polar surface area (TPSA) is 55.3 Å². The van der Waals surface area contributed by atoms with Gasteiger partial charge in [0.1, 0.15) is 5.75 Å². The summed E-state index contributed by atoms with van der Waals surface area (Å²) in [4.78, 5) is 6.87. The predicted octanol–water partition coefficient (Wildman–Crippen LogP) is 3.54. The van der Waals surface area contributed by atoms with E-state index in [4.69, 9.17) is 19.2 Å². The molecular formula is C21H36IN3O3. The first-order valence-corrected chi connectivity index (χ1v) is 10.0. The highest BCUT2D eigenvalue weighted by molar-refractivity contribution is 14.0. The zero-order chi connectivity index (χ0) is 19.3. The maximum Gasteiger partial charge on any atom is 0.193 e. The minimum atomic E-state index is 0. The fourth-order valence-electron chi connectivity index (χ4n) is 3.15. The van der Waals surface area contributed by atoms with Gasteiger partial charge in [0.05, 0.1) is 7.11 Å². The third-order valence-corrected chi connectivity index (χ3v) is 4.70. The molecule has 1 N–H and O–H groups in total. The SMILES string of the molecule is CCNC(=NCCCOCC1CCOCC1)N(C)Cc1ccccc1OC.I. The third-order valence-electron chi connectivity index (χ3n) is 4.70. The first-order chi connectivity index (χ1) is 13.2. The van der Waals surface area contributed by atoms with Gasteiger partial charge in [-0.15, -0.1) is 24.0 Å². The van der Waals surface area contributed by atoms with Crippen LogP contribution in [0.3, 0.4) is 0 Å². The molecule has 1 aromatic carbocycles. The lowest BCUT2D eigenvalue weighted by Crippen LogP contribution is -2.38. The van der Waals surface area contributed by atoms with Crippen LogP contribution in [0, 0.1) is 5.92 Å². The maximum absolute atomic E-state index is 5.83. The normalized spacial score (nSPS) is 15.0. The van der Waals surface area contributed by atoms with Gasteiger partial charge in [-0.25, -0.2) is 0 Å². The number of aliphatic imine (C=N–C) groups is 1. The van der Waals surface area contributed by atoms with E-state index in [2.05, 4.69) is 30.3 Å². The van der Waals surface area contributed by atoms with Crippen molar-refractivity contribution in [2.24, 2.45) is 10.9 Å². The van der Waals surface area contributed by atoms with Crippen molar-refractivity contribution in [3.63, 3.8) is 0 Å². The highest BCUT2D eigenvalue weighted by Gasteiger charge is 2.13. The van der Waals surface area contributed by atoms with Gasteiger partial charge in [-0.2, -0.15) is 0 Å². The number of hydrogen-bond acceptors (Lipinski definition) is 4. The van der Waals surface area contributed by atoms with Gasteiger partial charge >= 0.3 is 0 Å². The molecule has 1 fully saturated rings. The number of halogens is 1. The van der Waals surface area contributed by atoms with Crippen LogP contribution in [0.25, 0.3) is 0 Å². The van der Waals surface area contributed by atoms with Crippen molar-refractivity contribution < 1.29 is 14.2 Å². The smallest absolute Gasteiger partial charge is 0.193 e. The molecule has 1 heterocycles. The molecule has 0 unspecified atom stereocenters. The van der Waals surface area contributed by atoms with Crippen molar-refractivity contribution in [2.75, 3.05) is 53.7 Å². The van der Waals surface area contributed by atoms with Crippen LogP contribution in [0.4, 0.5) is 0 Å². The standard InChI is InChI=1S/C21H35N3O3.HI/c1-4-22-21(24(2)16-19-8-5-6-9-20(19)25-3)23-12-7-13-27-17-18-10-14-26-15-11-18;/h5-6,8-9,18H,4,7,10-17H2,1-3H3,(H,22,23);1H. The van der Waals surface area contributed by atoms with E-state index < -0.39 is 0 Å². The van der Waals surface area contributed by atoms with Gasteiger partial charge in [-0.3, -0.25) is 4.99 Å². The van der Waals surface area contributed by atoms with Gasteiger partial charge in [-0.05, 0) is 38.2 Å². The number of rotatable bonds is 10.